The van der Waals surface area contributed by atoms with Crippen LogP contribution in [-0.2, 0) is 6.54 Å². The van der Waals surface area contributed by atoms with Crippen molar-refractivity contribution >= 4 is 11.8 Å². The van der Waals surface area contributed by atoms with Gasteiger partial charge in [0, 0.05) is 18.7 Å². The lowest BCUT2D eigenvalue weighted by molar-refractivity contribution is 0.0607. The van der Waals surface area contributed by atoms with E-state index in [1.165, 1.54) is 33.8 Å². The number of rotatable bonds is 5. The average Bonchev–Trinajstić information content (AvgIpc) is 3.10. The van der Waals surface area contributed by atoms with Gasteiger partial charge >= 0.3 is 0 Å². The first-order chi connectivity index (χ1) is 15.2. The molecule has 2 amide bonds. The van der Waals surface area contributed by atoms with Gasteiger partial charge in [-0.3, -0.25) is 19.4 Å². The fraction of sp³-hybridized carbons (Fsp3) is 0.381. The number of aliphatic hydroxyl groups excluding tert-OH is 1. The van der Waals surface area contributed by atoms with Gasteiger partial charge in [0.1, 0.15) is 17.8 Å². The van der Waals surface area contributed by atoms with E-state index in [-0.39, 0.29) is 30.0 Å². The molecule has 0 aliphatic carbocycles. The molecule has 0 radical (unpaired) electrons. The summed E-state index contributed by atoms with van der Waals surface area (Å²) in [5.74, 6) is -2.30. The van der Waals surface area contributed by atoms with E-state index in [9.17, 15) is 33.4 Å². The van der Waals surface area contributed by atoms with E-state index < -0.39 is 47.3 Å². The van der Waals surface area contributed by atoms with Gasteiger partial charge in [-0.05, 0) is 19.4 Å². The number of nitrogens with zero attached hydrogens (tertiary/aromatic N) is 3. The van der Waals surface area contributed by atoms with Crippen LogP contribution in [0.25, 0.3) is 0 Å². The molecule has 1 aromatic heterocycles. The van der Waals surface area contributed by atoms with Crippen molar-refractivity contribution < 1.29 is 28.6 Å². The Kier molecular flexibility index (Phi) is 5.37. The molecule has 1 aromatic carbocycles. The molecule has 2 aliphatic rings. The quantitative estimate of drug-likeness (QED) is 0.634. The molecular weight excluding hydrogens is 426 g/mol. The lowest BCUT2D eigenvalue weighted by Crippen LogP contribution is -2.59. The molecule has 32 heavy (non-hydrogen) atoms. The molecule has 0 spiro atoms. The number of nitrogens with one attached hydrogen (secondary N) is 1. The molecule has 2 unspecified atom stereocenters. The van der Waals surface area contributed by atoms with Crippen LogP contribution in [-0.4, -0.2) is 50.9 Å². The molecule has 3 heterocycles. The van der Waals surface area contributed by atoms with E-state index in [1.54, 1.807) is 18.9 Å². The predicted octanol–water partition coefficient (Wildman–Crippen LogP) is 1.23. The van der Waals surface area contributed by atoms with Gasteiger partial charge in [0.05, 0.1) is 12.2 Å². The number of halogens is 2. The summed E-state index contributed by atoms with van der Waals surface area (Å²) in [6.07, 6.45) is -4.32. The zero-order chi connectivity index (χ0) is 23.3. The molecular formula is C21H22F2N4O5. The average molecular weight is 448 g/mol. The van der Waals surface area contributed by atoms with Crippen LogP contribution < -0.4 is 15.8 Å². The highest BCUT2D eigenvalue weighted by Gasteiger charge is 2.46. The second-order valence-electron chi connectivity index (χ2n) is 7.68. The number of alkyl halides is 2. The highest BCUT2D eigenvalue weighted by molar-refractivity contribution is 6.01. The SMILES string of the molecule is CCN1C(=O)c2c(O)c(=O)c(C(=O)NCc3ccc(C(F)F)cc3)c3n2N(CC3O)C1C. The van der Waals surface area contributed by atoms with Crippen molar-refractivity contribution in [3.63, 3.8) is 0 Å². The molecule has 3 N–H and O–H groups in total. The molecule has 0 bridgehead atoms. The third kappa shape index (κ3) is 3.20. The number of benzene rings is 1. The Labute approximate surface area is 181 Å². The van der Waals surface area contributed by atoms with E-state index in [4.69, 9.17) is 0 Å². The maximum Gasteiger partial charge on any atom is 0.278 e. The first-order valence-corrected chi connectivity index (χ1v) is 10.1. The number of pyridine rings is 1. The maximum absolute atomic E-state index is 12.9. The van der Waals surface area contributed by atoms with Crippen molar-refractivity contribution in [2.75, 3.05) is 18.1 Å². The minimum atomic E-state index is -2.61. The zero-order valence-electron chi connectivity index (χ0n) is 17.4. The number of hydrogen-bond acceptors (Lipinski definition) is 6. The monoisotopic (exact) mass is 448 g/mol. The van der Waals surface area contributed by atoms with Crippen molar-refractivity contribution in [1.29, 1.82) is 0 Å². The van der Waals surface area contributed by atoms with Crippen LogP contribution in [0.5, 0.6) is 5.75 Å². The lowest BCUT2D eigenvalue weighted by Gasteiger charge is -2.42. The van der Waals surface area contributed by atoms with Crippen molar-refractivity contribution in [2.45, 2.75) is 39.1 Å². The van der Waals surface area contributed by atoms with Crippen molar-refractivity contribution in [3.8, 4) is 5.75 Å². The topological polar surface area (TPSA) is 115 Å². The summed E-state index contributed by atoms with van der Waals surface area (Å²) in [5.41, 5.74) is -1.52. The van der Waals surface area contributed by atoms with E-state index in [0.29, 0.717) is 12.1 Å². The number of aromatic hydroxyl groups is 1. The Bertz CT molecular complexity index is 1150. The van der Waals surface area contributed by atoms with Crippen LogP contribution in [0, 0.1) is 0 Å². The molecule has 0 saturated carbocycles. The minimum Gasteiger partial charge on any atom is -0.502 e. The first kappa shape index (κ1) is 21.8. The summed E-state index contributed by atoms with van der Waals surface area (Å²) in [6.45, 7) is 3.77. The van der Waals surface area contributed by atoms with Gasteiger partial charge < -0.3 is 20.4 Å². The van der Waals surface area contributed by atoms with Gasteiger partial charge in [-0.2, -0.15) is 0 Å². The standard InChI is InChI=1S/C21H22F2N4O5/c1-3-25-10(2)26-9-13(28)15-14(17(29)18(30)16(21(25)32)27(15)26)20(31)24-8-11-4-6-12(7-5-11)19(22)23/h4-7,10,13,19,28,30H,3,8-9H2,1-2H3,(H,24,31). The van der Waals surface area contributed by atoms with E-state index in [0.717, 1.165) is 0 Å². The summed E-state index contributed by atoms with van der Waals surface area (Å²) < 4.78 is 26.6. The van der Waals surface area contributed by atoms with Gasteiger partial charge in [-0.1, -0.05) is 24.3 Å². The van der Waals surface area contributed by atoms with E-state index in [2.05, 4.69) is 5.32 Å². The highest BCUT2D eigenvalue weighted by atomic mass is 19.3. The molecule has 0 saturated heterocycles. The normalized spacial score (nSPS) is 19.5. The predicted molar refractivity (Wildman–Crippen MR) is 109 cm³/mol. The van der Waals surface area contributed by atoms with Gasteiger partial charge in [-0.25, -0.2) is 13.5 Å². The largest absolute Gasteiger partial charge is 0.502 e. The van der Waals surface area contributed by atoms with Crippen LogP contribution >= 0.6 is 0 Å². The Balaban J connectivity index is 1.71. The third-order valence-corrected chi connectivity index (χ3v) is 5.89. The van der Waals surface area contributed by atoms with Crippen LogP contribution in [0.2, 0.25) is 0 Å². The molecule has 9 nitrogen and oxygen atoms in total. The molecule has 170 valence electrons. The fourth-order valence-corrected chi connectivity index (χ4v) is 4.25. The second-order valence-corrected chi connectivity index (χ2v) is 7.68. The number of hydrogen-bond donors (Lipinski definition) is 3. The Morgan fingerprint density at radius 3 is 2.50 bits per heavy atom. The van der Waals surface area contributed by atoms with Crippen LogP contribution in [0.15, 0.2) is 29.1 Å². The zero-order valence-corrected chi connectivity index (χ0v) is 17.4. The first-order valence-electron chi connectivity index (χ1n) is 10.1. The number of carbonyl (C=O) groups excluding carboxylic acids is 2. The van der Waals surface area contributed by atoms with Crippen LogP contribution in [0.1, 0.15) is 64.0 Å². The fourth-order valence-electron chi connectivity index (χ4n) is 4.25. The summed E-state index contributed by atoms with van der Waals surface area (Å²) in [5, 5.41) is 25.3. The van der Waals surface area contributed by atoms with Crippen molar-refractivity contribution in [1.82, 2.24) is 14.9 Å². The molecule has 2 atom stereocenters. The Morgan fingerprint density at radius 1 is 1.25 bits per heavy atom. The van der Waals surface area contributed by atoms with Gasteiger partial charge in [0.15, 0.2) is 11.4 Å². The van der Waals surface area contributed by atoms with Gasteiger partial charge in [0.25, 0.3) is 18.2 Å². The molecule has 4 rings (SSSR count). The summed E-state index contributed by atoms with van der Waals surface area (Å²) in [6, 6.07) is 5.32. The van der Waals surface area contributed by atoms with Gasteiger partial charge in [-0.15, -0.1) is 0 Å². The summed E-state index contributed by atoms with van der Waals surface area (Å²) in [4.78, 5) is 40.1. The van der Waals surface area contributed by atoms with E-state index in [1.807, 2.05) is 0 Å². The number of amides is 2. The third-order valence-electron chi connectivity index (χ3n) is 5.89. The number of aromatic nitrogens is 1. The van der Waals surface area contributed by atoms with Crippen molar-refractivity contribution in [2.24, 2.45) is 0 Å². The van der Waals surface area contributed by atoms with Crippen LogP contribution in [0.3, 0.4) is 0 Å². The number of carbonyl (C=O) groups is 2. The van der Waals surface area contributed by atoms with Gasteiger partial charge in [0.2, 0.25) is 5.43 Å². The smallest absolute Gasteiger partial charge is 0.278 e. The van der Waals surface area contributed by atoms with Crippen LogP contribution in [0.4, 0.5) is 8.78 Å². The van der Waals surface area contributed by atoms with Crippen molar-refractivity contribution in [3.05, 3.63) is 62.6 Å². The summed E-state index contributed by atoms with van der Waals surface area (Å²) in [7, 11) is 0. The summed E-state index contributed by atoms with van der Waals surface area (Å²) >= 11 is 0. The minimum absolute atomic E-state index is 0.0240. The molecule has 0 fully saturated rings. The Morgan fingerprint density at radius 2 is 1.91 bits per heavy atom. The van der Waals surface area contributed by atoms with E-state index >= 15 is 0 Å². The maximum atomic E-state index is 12.9. The highest BCUT2D eigenvalue weighted by Crippen LogP contribution is 2.35. The molecule has 2 aliphatic heterocycles. The molecule has 11 heteroatoms. The Hall–Kier alpha value is -3.47. The second kappa shape index (κ2) is 7.90. The number of aliphatic hydroxyl groups is 1. The lowest BCUT2D eigenvalue weighted by atomic mass is 10.1. The molecule has 2 aromatic rings.